The van der Waals surface area contributed by atoms with Gasteiger partial charge in [-0.3, -0.25) is 13.8 Å². The number of hydrogen-bond donors (Lipinski definition) is 0. The van der Waals surface area contributed by atoms with Gasteiger partial charge in [-0.25, -0.2) is 4.57 Å². The van der Waals surface area contributed by atoms with Crippen molar-refractivity contribution in [3.05, 3.63) is 173 Å². The van der Waals surface area contributed by atoms with E-state index in [0.717, 1.165) is 22.3 Å². The highest BCUT2D eigenvalue weighted by Gasteiger charge is 2.50. The van der Waals surface area contributed by atoms with Crippen LogP contribution in [-0.4, -0.2) is 34.3 Å². The number of methoxy groups -OCH3 is 4. The van der Waals surface area contributed by atoms with Gasteiger partial charge in [0, 0.05) is 12.1 Å². The molecular weight excluding hydrogens is 757 g/mol. The summed E-state index contributed by atoms with van der Waals surface area (Å²) in [6, 6.07) is 44.2. The van der Waals surface area contributed by atoms with E-state index in [-0.39, 0.29) is 30.6 Å². The lowest BCUT2D eigenvalue weighted by Crippen LogP contribution is -2.53. The molecule has 12 heteroatoms. The van der Waals surface area contributed by atoms with Gasteiger partial charge < -0.3 is 33.1 Å². The van der Waals surface area contributed by atoms with Gasteiger partial charge >= 0.3 is 7.82 Å². The number of amides is 1. The summed E-state index contributed by atoms with van der Waals surface area (Å²) in [5, 5.41) is 0. The minimum atomic E-state index is -4.30. The number of nitrogens with zero attached hydrogens (tertiary/aromatic N) is 1. The molecule has 1 heterocycles. The summed E-state index contributed by atoms with van der Waals surface area (Å²) in [5.41, 5.74) is 4.56. The zero-order valence-electron chi connectivity index (χ0n) is 32.6. The molecule has 0 spiro atoms. The lowest BCUT2D eigenvalue weighted by molar-refractivity contribution is -0.126. The smallest absolute Gasteiger partial charge is 0.493 e. The molecule has 2 atom stereocenters. The average Bonchev–Trinajstić information content (AvgIpc) is 3.27. The lowest BCUT2D eigenvalue weighted by atomic mass is 9.77. The fraction of sp³-hybridized carbons (Fsp3) is 0.196. The van der Waals surface area contributed by atoms with Crippen LogP contribution in [0.5, 0.6) is 34.5 Å². The third-order valence-electron chi connectivity index (χ3n) is 9.72. The van der Waals surface area contributed by atoms with Crippen LogP contribution in [0.15, 0.2) is 146 Å². The Hall–Kier alpha value is -6.26. The third kappa shape index (κ3) is 8.98. The molecule has 6 aromatic rings. The van der Waals surface area contributed by atoms with Crippen LogP contribution in [0, 0.1) is 0 Å². The van der Waals surface area contributed by atoms with Crippen molar-refractivity contribution >= 4 is 19.4 Å². The van der Waals surface area contributed by atoms with E-state index in [4.69, 9.17) is 37.3 Å². The number of rotatable bonds is 18. The van der Waals surface area contributed by atoms with Gasteiger partial charge in [-0.05, 0) is 52.1 Å². The number of carbonyl (C=O) groups is 1. The Labute approximate surface area is 338 Å². The summed E-state index contributed by atoms with van der Waals surface area (Å²) in [6.07, 6.45) is 0. The second-order valence-electron chi connectivity index (χ2n) is 13.3. The van der Waals surface area contributed by atoms with Crippen molar-refractivity contribution in [1.82, 2.24) is 0 Å². The van der Waals surface area contributed by atoms with Crippen molar-refractivity contribution < 1.29 is 46.6 Å². The number of phosphoric ester groups is 1. The number of β-lactam (4-membered cyclic amide) rings is 1. The SMILES string of the molecule is COc1ccc([C@H]2[C@H](c3ccc(OCc4ccccc4)cc3)C(=O)N2c2cc(OC)c(OC)c(OC)c2)cc1OP(=O)(OCc1ccccc1)OCc1ccccc1. The summed E-state index contributed by atoms with van der Waals surface area (Å²) >= 11 is 0. The van der Waals surface area contributed by atoms with Crippen LogP contribution in [0.3, 0.4) is 0 Å². The molecule has 0 saturated carbocycles. The highest BCUT2D eigenvalue weighted by atomic mass is 31.2. The van der Waals surface area contributed by atoms with E-state index in [9.17, 15) is 9.36 Å². The van der Waals surface area contributed by atoms with Crippen molar-refractivity contribution in [2.45, 2.75) is 31.8 Å². The van der Waals surface area contributed by atoms with Crippen molar-refractivity contribution in [3.63, 3.8) is 0 Å². The second kappa shape index (κ2) is 18.3. The summed E-state index contributed by atoms with van der Waals surface area (Å²) in [6.45, 7) is 0.338. The first-order valence-electron chi connectivity index (χ1n) is 18.6. The van der Waals surface area contributed by atoms with Gasteiger partial charge in [0.2, 0.25) is 11.7 Å². The van der Waals surface area contributed by atoms with Crippen molar-refractivity contribution in [1.29, 1.82) is 0 Å². The normalized spacial score (nSPS) is 15.0. The Bertz CT molecular complexity index is 2270. The fourth-order valence-corrected chi connectivity index (χ4v) is 7.95. The summed E-state index contributed by atoms with van der Waals surface area (Å²) in [5.74, 6) is 1.43. The molecular formula is C46H44NO10P. The standard InChI is InChI=1S/C46H44NO10P/c1-50-39-25-22-36(26-40(39)57-58(49,55-30-33-16-10-6-11-17-33)56-31-34-18-12-7-13-19-34)44-43(35-20-23-38(24-21-35)54-29-32-14-8-5-9-15-32)46(48)47(44)37-27-41(51-2)45(53-4)42(28-37)52-3/h5-28,43-44H,29-31H2,1-4H3/t43-,44-/m0/s1. The highest BCUT2D eigenvalue weighted by molar-refractivity contribution is 7.48. The third-order valence-corrected chi connectivity index (χ3v) is 11.0. The molecule has 0 aliphatic carbocycles. The van der Waals surface area contributed by atoms with E-state index in [0.29, 0.717) is 40.9 Å². The first-order valence-corrected chi connectivity index (χ1v) is 20.0. The molecule has 0 N–H and O–H groups in total. The van der Waals surface area contributed by atoms with Crippen molar-refractivity contribution in [2.24, 2.45) is 0 Å². The van der Waals surface area contributed by atoms with Gasteiger partial charge in [0.25, 0.3) is 0 Å². The zero-order chi connectivity index (χ0) is 40.5. The largest absolute Gasteiger partial charge is 0.530 e. The molecule has 1 saturated heterocycles. The van der Waals surface area contributed by atoms with E-state index in [1.807, 2.05) is 121 Å². The number of benzene rings is 6. The van der Waals surface area contributed by atoms with Crippen LogP contribution in [0.25, 0.3) is 0 Å². The Morgan fingerprint density at radius 1 is 0.534 bits per heavy atom. The quantitative estimate of drug-likeness (QED) is 0.0615. The minimum absolute atomic E-state index is 0.0336. The number of carbonyl (C=O) groups excluding carboxylic acids is 1. The van der Waals surface area contributed by atoms with Crippen LogP contribution >= 0.6 is 7.82 Å². The number of ether oxygens (including phenoxy) is 5. The zero-order valence-corrected chi connectivity index (χ0v) is 33.5. The lowest BCUT2D eigenvalue weighted by Gasteiger charge is -2.48. The van der Waals surface area contributed by atoms with Gasteiger partial charge in [0.15, 0.2) is 23.0 Å². The maximum absolute atomic E-state index is 14.5. The topological polar surface area (TPSA) is 111 Å². The van der Waals surface area contributed by atoms with E-state index in [1.165, 1.54) is 28.4 Å². The number of phosphoric acid groups is 1. The molecule has 6 aromatic carbocycles. The maximum atomic E-state index is 14.5. The monoisotopic (exact) mass is 801 g/mol. The summed E-state index contributed by atoms with van der Waals surface area (Å²) in [7, 11) is 1.75. The predicted molar refractivity (Wildman–Crippen MR) is 220 cm³/mol. The maximum Gasteiger partial charge on any atom is 0.530 e. The molecule has 1 aliphatic heterocycles. The number of anilines is 1. The fourth-order valence-electron chi connectivity index (χ4n) is 6.78. The first-order chi connectivity index (χ1) is 28.3. The predicted octanol–water partition coefficient (Wildman–Crippen LogP) is 10.1. The molecule has 0 radical (unpaired) electrons. The van der Waals surface area contributed by atoms with Crippen LogP contribution in [0.2, 0.25) is 0 Å². The van der Waals surface area contributed by atoms with Crippen LogP contribution in [0.1, 0.15) is 39.8 Å². The van der Waals surface area contributed by atoms with E-state index in [1.54, 1.807) is 29.2 Å². The molecule has 0 bridgehead atoms. The molecule has 7 rings (SSSR count). The van der Waals surface area contributed by atoms with E-state index < -0.39 is 19.8 Å². The van der Waals surface area contributed by atoms with Crippen LogP contribution < -0.4 is 33.1 Å². The molecule has 0 aromatic heterocycles. The van der Waals surface area contributed by atoms with Gasteiger partial charge in [-0.1, -0.05) is 109 Å². The molecule has 1 aliphatic rings. The van der Waals surface area contributed by atoms with E-state index in [2.05, 4.69) is 0 Å². The molecule has 58 heavy (non-hydrogen) atoms. The molecule has 1 fully saturated rings. The van der Waals surface area contributed by atoms with Crippen LogP contribution in [-0.2, 0) is 38.2 Å². The minimum Gasteiger partial charge on any atom is -0.493 e. The Balaban J connectivity index is 1.25. The van der Waals surface area contributed by atoms with Crippen molar-refractivity contribution in [2.75, 3.05) is 33.3 Å². The molecule has 11 nitrogen and oxygen atoms in total. The molecule has 1 amide bonds. The van der Waals surface area contributed by atoms with Gasteiger partial charge in [0.05, 0.1) is 59.3 Å². The van der Waals surface area contributed by atoms with Crippen molar-refractivity contribution in [3.8, 4) is 34.5 Å². The van der Waals surface area contributed by atoms with Gasteiger partial charge in [-0.15, -0.1) is 0 Å². The average molecular weight is 802 g/mol. The Morgan fingerprint density at radius 3 is 1.53 bits per heavy atom. The molecule has 0 unspecified atom stereocenters. The number of hydrogen-bond acceptors (Lipinski definition) is 10. The van der Waals surface area contributed by atoms with Gasteiger partial charge in [0.1, 0.15) is 12.4 Å². The molecule has 298 valence electrons. The van der Waals surface area contributed by atoms with Crippen LogP contribution in [0.4, 0.5) is 5.69 Å². The van der Waals surface area contributed by atoms with Gasteiger partial charge in [-0.2, -0.15) is 0 Å². The Kier molecular flexibility index (Phi) is 12.6. The Morgan fingerprint density at radius 2 is 1.03 bits per heavy atom. The second-order valence-corrected chi connectivity index (χ2v) is 14.9. The first kappa shape index (κ1) is 40.0. The summed E-state index contributed by atoms with van der Waals surface area (Å²) in [4.78, 5) is 16.1. The van der Waals surface area contributed by atoms with E-state index >= 15 is 0 Å². The summed E-state index contributed by atoms with van der Waals surface area (Å²) < 4.78 is 61.3. The highest BCUT2D eigenvalue weighted by Crippen LogP contribution is 2.56.